The Hall–Kier alpha value is -2.62. The maximum atomic E-state index is 12.8. The molecule has 0 heterocycles. The predicted octanol–water partition coefficient (Wildman–Crippen LogP) is 5.91. The number of carbonyl (C=O) groups excluding carboxylic acids is 2. The number of hydrogen-bond donors (Lipinski definition) is 3. The number of ether oxygens (including phenoxy) is 1. The van der Waals surface area contributed by atoms with Crippen LogP contribution in [0.4, 0.5) is 13.2 Å². The van der Waals surface area contributed by atoms with Gasteiger partial charge in [0.05, 0.1) is 12.5 Å². The van der Waals surface area contributed by atoms with Crippen molar-refractivity contribution in [1.29, 1.82) is 0 Å². The number of nitrogens with one attached hydrogen (secondary N) is 1. The third-order valence-corrected chi connectivity index (χ3v) is 5.60. The molecule has 0 aliphatic heterocycles. The van der Waals surface area contributed by atoms with Crippen molar-refractivity contribution in [2.24, 2.45) is 11.1 Å². The second kappa shape index (κ2) is 15.6. The smallest absolute Gasteiger partial charge is 0.475 e. The number of hydrogen-bond acceptors (Lipinski definition) is 5. The number of halogens is 3. The largest absolute Gasteiger partial charge is 0.490 e. The molecule has 0 saturated heterocycles. The highest BCUT2D eigenvalue weighted by molar-refractivity contribution is 5.81. The Morgan fingerprint density at radius 2 is 1.51 bits per heavy atom. The molecular weight excluding hydrogens is 489 g/mol. The van der Waals surface area contributed by atoms with E-state index in [4.69, 9.17) is 20.4 Å². The number of unbranched alkanes of at least 4 members (excludes halogenated alkanes) is 2. The highest BCUT2D eigenvalue weighted by Gasteiger charge is 2.38. The predicted molar refractivity (Wildman–Crippen MR) is 137 cm³/mol. The van der Waals surface area contributed by atoms with Gasteiger partial charge in [-0.05, 0) is 34.8 Å². The van der Waals surface area contributed by atoms with Crippen LogP contribution in [0.3, 0.4) is 0 Å². The van der Waals surface area contributed by atoms with E-state index in [0.717, 1.165) is 30.4 Å². The Morgan fingerprint density at radius 3 is 1.92 bits per heavy atom. The zero-order chi connectivity index (χ0) is 29.0. The van der Waals surface area contributed by atoms with Gasteiger partial charge in [-0.2, -0.15) is 13.2 Å². The maximum Gasteiger partial charge on any atom is 0.490 e. The van der Waals surface area contributed by atoms with Gasteiger partial charge in [0.1, 0.15) is 5.75 Å². The van der Waals surface area contributed by atoms with E-state index < -0.39 is 23.6 Å². The van der Waals surface area contributed by atoms with E-state index in [9.17, 15) is 22.8 Å². The molecule has 1 rings (SSSR count). The minimum Gasteiger partial charge on any atom is -0.475 e. The summed E-state index contributed by atoms with van der Waals surface area (Å²) in [4.78, 5) is 33.9. The van der Waals surface area contributed by atoms with Gasteiger partial charge in [0.2, 0.25) is 5.91 Å². The molecule has 1 aromatic rings. The summed E-state index contributed by atoms with van der Waals surface area (Å²) < 4.78 is 37.6. The quantitative estimate of drug-likeness (QED) is 0.175. The topological polar surface area (TPSA) is 119 Å². The summed E-state index contributed by atoms with van der Waals surface area (Å²) in [5, 5.41) is 10.0. The molecule has 0 aromatic heterocycles. The van der Waals surface area contributed by atoms with E-state index in [-0.39, 0.29) is 30.1 Å². The number of aliphatic carboxylic acids is 1. The van der Waals surface area contributed by atoms with Gasteiger partial charge < -0.3 is 20.9 Å². The number of nitrogens with two attached hydrogens (primary N) is 1. The fourth-order valence-corrected chi connectivity index (χ4v) is 3.41. The van der Waals surface area contributed by atoms with Crippen molar-refractivity contribution in [3.8, 4) is 5.75 Å². The van der Waals surface area contributed by atoms with Crippen molar-refractivity contribution in [2.45, 2.75) is 105 Å². The fraction of sp³-hybridized carbons (Fsp3) is 0.667. The third-order valence-electron chi connectivity index (χ3n) is 5.60. The highest BCUT2D eigenvalue weighted by Crippen LogP contribution is 2.35. The monoisotopic (exact) mass is 532 g/mol. The van der Waals surface area contributed by atoms with Gasteiger partial charge in [-0.25, -0.2) is 4.79 Å². The number of alkyl halides is 3. The lowest BCUT2D eigenvalue weighted by Crippen LogP contribution is -2.44. The van der Waals surface area contributed by atoms with Crippen LogP contribution in [0.1, 0.15) is 104 Å². The van der Waals surface area contributed by atoms with Crippen molar-refractivity contribution >= 4 is 17.8 Å². The van der Waals surface area contributed by atoms with Crippen LogP contribution in [-0.4, -0.2) is 41.7 Å². The fourth-order valence-electron chi connectivity index (χ4n) is 3.41. The lowest BCUT2D eigenvalue weighted by molar-refractivity contribution is -0.192. The van der Waals surface area contributed by atoms with Crippen LogP contribution in [0.25, 0.3) is 0 Å². The second-order valence-electron chi connectivity index (χ2n) is 10.5. The minimum absolute atomic E-state index is 0.153. The molecule has 212 valence electrons. The average molecular weight is 533 g/mol. The lowest BCUT2D eigenvalue weighted by atomic mass is 9.89. The van der Waals surface area contributed by atoms with Crippen molar-refractivity contribution in [2.75, 3.05) is 6.54 Å². The van der Waals surface area contributed by atoms with Crippen molar-refractivity contribution in [3.63, 3.8) is 0 Å². The molecule has 0 bridgehead atoms. The van der Waals surface area contributed by atoms with Crippen LogP contribution in [0.5, 0.6) is 5.75 Å². The molecule has 0 radical (unpaired) electrons. The summed E-state index contributed by atoms with van der Waals surface area (Å²) in [5.41, 5.74) is 7.63. The van der Waals surface area contributed by atoms with Gasteiger partial charge in [0.25, 0.3) is 0 Å². The second-order valence-corrected chi connectivity index (χ2v) is 10.5. The summed E-state index contributed by atoms with van der Waals surface area (Å²) in [7, 11) is 0. The molecule has 0 saturated carbocycles. The van der Waals surface area contributed by atoms with Crippen LogP contribution < -0.4 is 15.8 Å². The summed E-state index contributed by atoms with van der Waals surface area (Å²) >= 11 is 0. The molecular formula is C27H43F3N2O5. The van der Waals surface area contributed by atoms with Crippen molar-refractivity contribution < 1.29 is 37.4 Å². The lowest BCUT2D eigenvalue weighted by Gasteiger charge is -2.26. The van der Waals surface area contributed by atoms with E-state index in [1.807, 2.05) is 32.0 Å². The number of amides is 1. The van der Waals surface area contributed by atoms with Gasteiger partial charge in [-0.3, -0.25) is 9.59 Å². The van der Waals surface area contributed by atoms with E-state index in [0.29, 0.717) is 18.7 Å². The molecule has 0 unspecified atom stereocenters. The van der Waals surface area contributed by atoms with Crippen LogP contribution in [0.2, 0.25) is 0 Å². The zero-order valence-electron chi connectivity index (χ0n) is 23.0. The molecule has 1 atom stereocenters. The summed E-state index contributed by atoms with van der Waals surface area (Å²) in [6.07, 6.45) is -1.06. The average Bonchev–Trinajstić information content (AvgIpc) is 2.76. The van der Waals surface area contributed by atoms with Crippen molar-refractivity contribution in [1.82, 2.24) is 5.32 Å². The Labute approximate surface area is 218 Å². The number of esters is 1. The van der Waals surface area contributed by atoms with Gasteiger partial charge >= 0.3 is 18.1 Å². The number of benzene rings is 1. The molecule has 10 heteroatoms. The van der Waals surface area contributed by atoms with E-state index >= 15 is 0 Å². The molecule has 4 N–H and O–H groups in total. The molecule has 7 nitrogen and oxygen atoms in total. The van der Waals surface area contributed by atoms with Crippen molar-refractivity contribution in [3.05, 3.63) is 29.3 Å². The first-order chi connectivity index (χ1) is 16.9. The Morgan fingerprint density at radius 1 is 1.03 bits per heavy atom. The van der Waals surface area contributed by atoms with Gasteiger partial charge in [0.15, 0.2) is 0 Å². The van der Waals surface area contributed by atoms with Gasteiger partial charge in [-0.1, -0.05) is 85.9 Å². The summed E-state index contributed by atoms with van der Waals surface area (Å²) in [5.74, 6) is -1.99. The standard InChI is InChI=1S/C25H42N2O3.C2HF3O2/c1-8-9-10-14-21(26)24(29)27-16-25(6,7)15-22(28)30-23-19(17(2)3)12-11-13-20(23)18(4)5;3-2(4,5)1(6)7/h11-13,17-18,21H,8-10,14-16,26H2,1-7H3,(H,27,29);(H,6,7)/t21-;/m0./s1. The number of carbonyl (C=O) groups is 3. The molecule has 1 aromatic carbocycles. The number of rotatable bonds is 12. The number of carboxylic acids is 1. The van der Waals surface area contributed by atoms with Crippen LogP contribution in [0, 0.1) is 5.41 Å². The maximum absolute atomic E-state index is 12.8. The first kappa shape index (κ1) is 34.4. The number of para-hydroxylation sites is 1. The summed E-state index contributed by atoms with van der Waals surface area (Å²) in [6.45, 7) is 14.8. The molecule has 0 fully saturated rings. The minimum atomic E-state index is -5.08. The van der Waals surface area contributed by atoms with E-state index in [2.05, 4.69) is 39.9 Å². The third kappa shape index (κ3) is 13.5. The number of carboxylic acid groups (broad SMARTS) is 1. The van der Waals surface area contributed by atoms with E-state index in [1.54, 1.807) is 0 Å². The normalized spacial score (nSPS) is 12.6. The van der Waals surface area contributed by atoms with Gasteiger partial charge in [0, 0.05) is 6.54 Å². The first-order valence-electron chi connectivity index (χ1n) is 12.6. The Bertz CT molecular complexity index is 857. The van der Waals surface area contributed by atoms with Crippen LogP contribution >= 0.6 is 0 Å². The molecule has 0 aliphatic rings. The highest BCUT2D eigenvalue weighted by atomic mass is 19.4. The molecule has 37 heavy (non-hydrogen) atoms. The van der Waals surface area contributed by atoms with E-state index in [1.165, 1.54) is 0 Å². The Balaban J connectivity index is 0.00000161. The molecule has 0 aliphatic carbocycles. The summed E-state index contributed by atoms with van der Waals surface area (Å²) in [6, 6.07) is 5.56. The zero-order valence-corrected chi connectivity index (χ0v) is 23.0. The first-order valence-corrected chi connectivity index (χ1v) is 12.6. The van der Waals surface area contributed by atoms with Gasteiger partial charge in [-0.15, -0.1) is 0 Å². The van der Waals surface area contributed by atoms with Crippen LogP contribution in [-0.2, 0) is 14.4 Å². The molecule has 1 amide bonds. The molecule has 0 spiro atoms. The van der Waals surface area contributed by atoms with Crippen LogP contribution in [0.15, 0.2) is 18.2 Å². The Kier molecular flexibility index (Phi) is 14.5. The SMILES string of the molecule is CCCCC[C@H](N)C(=O)NCC(C)(C)CC(=O)Oc1c(C(C)C)cccc1C(C)C.O=C(O)C(F)(F)F.